The van der Waals surface area contributed by atoms with Crippen molar-refractivity contribution >= 4 is 44.6 Å². The molecule has 98 valence electrons. The first-order valence-electron chi connectivity index (χ1n) is 4.74. The predicted octanol–water partition coefficient (Wildman–Crippen LogP) is 2.24. The van der Waals surface area contributed by atoms with Gasteiger partial charge in [0.05, 0.1) is 17.0 Å². The molecule has 17 heavy (non-hydrogen) atoms. The maximum absolute atomic E-state index is 12.0. The Morgan fingerprint density at radius 3 is 2.65 bits per heavy atom. The van der Waals surface area contributed by atoms with Crippen LogP contribution in [0.25, 0.3) is 0 Å². The van der Waals surface area contributed by atoms with Crippen LogP contribution in [0, 0.1) is 6.92 Å². The molecule has 0 aliphatic carbocycles. The largest absolute Gasteiger partial charge is 0.383 e. The molecule has 1 aromatic heterocycles. The van der Waals surface area contributed by atoms with E-state index in [9.17, 15) is 8.42 Å². The van der Waals surface area contributed by atoms with Crippen molar-refractivity contribution in [2.75, 3.05) is 19.6 Å². The molecule has 0 saturated heterocycles. The summed E-state index contributed by atoms with van der Waals surface area (Å²) in [5.41, 5.74) is 0.742. The average molecular weight is 318 g/mol. The van der Waals surface area contributed by atoms with Crippen LogP contribution in [0.1, 0.15) is 5.56 Å². The molecule has 0 aliphatic heterocycles. The zero-order valence-corrected chi connectivity index (χ0v) is 12.5. The lowest BCUT2D eigenvalue weighted by Gasteiger charge is -2.14. The predicted molar refractivity (Wildman–Crippen MR) is 70.8 cm³/mol. The fourth-order valence-corrected chi connectivity index (χ4v) is 4.36. The molecule has 1 N–H and O–H groups in total. The number of hydrogen-bond donors (Lipinski definition) is 1. The Morgan fingerprint density at radius 2 is 2.24 bits per heavy atom. The van der Waals surface area contributed by atoms with Gasteiger partial charge in [-0.15, -0.1) is 22.9 Å². The summed E-state index contributed by atoms with van der Waals surface area (Å²) in [5.74, 6) is 0.144. The van der Waals surface area contributed by atoms with Crippen molar-refractivity contribution in [1.82, 2.24) is 4.72 Å². The Balaban J connectivity index is 2.88. The molecule has 1 heterocycles. The number of hydrogen-bond acceptors (Lipinski definition) is 4. The minimum absolute atomic E-state index is 0.144. The van der Waals surface area contributed by atoms with Gasteiger partial charge in [-0.1, -0.05) is 11.6 Å². The van der Waals surface area contributed by atoms with Crippen LogP contribution in [0.5, 0.6) is 0 Å². The number of thiophene rings is 1. The van der Waals surface area contributed by atoms with Crippen LogP contribution in [-0.2, 0) is 14.8 Å². The second-order valence-corrected chi connectivity index (χ2v) is 7.35. The van der Waals surface area contributed by atoms with Crippen LogP contribution in [-0.4, -0.2) is 34.1 Å². The van der Waals surface area contributed by atoms with Crippen LogP contribution in [0.15, 0.2) is 10.3 Å². The molecule has 0 spiro atoms. The summed E-state index contributed by atoms with van der Waals surface area (Å²) >= 11 is 12.5. The van der Waals surface area contributed by atoms with Gasteiger partial charge in [0, 0.05) is 13.0 Å². The number of halogens is 2. The van der Waals surface area contributed by atoms with Gasteiger partial charge in [-0.3, -0.25) is 0 Å². The Kier molecular flexibility index (Phi) is 5.69. The Hall–Kier alpha value is 0.150. The summed E-state index contributed by atoms with van der Waals surface area (Å²) < 4.78 is 31.9. The number of sulfonamides is 1. The van der Waals surface area contributed by atoms with Crippen molar-refractivity contribution in [1.29, 1.82) is 0 Å². The van der Waals surface area contributed by atoms with Gasteiger partial charge in [0.1, 0.15) is 4.21 Å². The topological polar surface area (TPSA) is 55.4 Å². The molecule has 4 nitrogen and oxygen atoms in total. The van der Waals surface area contributed by atoms with Crippen LogP contribution in [0.3, 0.4) is 0 Å². The molecule has 1 atom stereocenters. The van der Waals surface area contributed by atoms with E-state index in [4.69, 9.17) is 27.9 Å². The monoisotopic (exact) mass is 317 g/mol. The molecule has 0 radical (unpaired) electrons. The summed E-state index contributed by atoms with van der Waals surface area (Å²) in [4.78, 5) is 0. The van der Waals surface area contributed by atoms with Crippen LogP contribution < -0.4 is 4.72 Å². The average Bonchev–Trinajstić information content (AvgIpc) is 2.59. The van der Waals surface area contributed by atoms with Crippen molar-refractivity contribution in [2.45, 2.75) is 17.2 Å². The van der Waals surface area contributed by atoms with E-state index in [1.54, 1.807) is 6.92 Å². The number of ether oxygens (including phenoxy) is 1. The minimum Gasteiger partial charge on any atom is -0.383 e. The molecule has 0 aliphatic rings. The smallest absolute Gasteiger partial charge is 0.250 e. The van der Waals surface area contributed by atoms with E-state index >= 15 is 0 Å². The first-order chi connectivity index (χ1) is 7.90. The second kappa shape index (κ2) is 6.36. The lowest BCUT2D eigenvalue weighted by molar-refractivity contribution is 0.181. The highest BCUT2D eigenvalue weighted by Gasteiger charge is 2.22. The quantitative estimate of drug-likeness (QED) is 0.819. The standard InChI is InChI=1S/C9H13Cl2NO3S2/c1-6-3-8(16-9(6)11)17(13,14)12-7(4-10)5-15-2/h3,7,12H,4-5H2,1-2H3. The number of nitrogens with one attached hydrogen (secondary N) is 1. The maximum atomic E-state index is 12.0. The van der Waals surface area contributed by atoms with Crippen molar-refractivity contribution in [3.63, 3.8) is 0 Å². The molecule has 0 fully saturated rings. The summed E-state index contributed by atoms with van der Waals surface area (Å²) in [6.45, 7) is 1.98. The highest BCUT2D eigenvalue weighted by atomic mass is 35.5. The molecule has 1 rings (SSSR count). The van der Waals surface area contributed by atoms with E-state index in [1.807, 2.05) is 0 Å². The third-order valence-corrected chi connectivity index (χ3v) is 5.90. The van der Waals surface area contributed by atoms with Crippen LogP contribution in [0.2, 0.25) is 4.34 Å². The van der Waals surface area contributed by atoms with Crippen molar-refractivity contribution in [2.24, 2.45) is 0 Å². The normalized spacial score (nSPS) is 13.9. The zero-order chi connectivity index (χ0) is 13.1. The van der Waals surface area contributed by atoms with Crippen molar-refractivity contribution in [3.8, 4) is 0 Å². The number of aryl methyl sites for hydroxylation is 1. The molecule has 1 unspecified atom stereocenters. The summed E-state index contributed by atoms with van der Waals surface area (Å²) in [6.07, 6.45) is 0. The first kappa shape index (κ1) is 15.2. The summed E-state index contributed by atoms with van der Waals surface area (Å²) in [6, 6.07) is 1.08. The third kappa shape index (κ3) is 4.08. The van der Waals surface area contributed by atoms with E-state index in [2.05, 4.69) is 4.72 Å². The van der Waals surface area contributed by atoms with Gasteiger partial charge in [0.25, 0.3) is 0 Å². The summed E-state index contributed by atoms with van der Waals surface area (Å²) in [5, 5.41) is 0. The first-order valence-corrected chi connectivity index (χ1v) is 7.95. The van der Waals surface area contributed by atoms with E-state index in [0.717, 1.165) is 16.9 Å². The van der Waals surface area contributed by atoms with Gasteiger partial charge in [-0.05, 0) is 18.6 Å². The molecule has 0 saturated carbocycles. The molecule has 0 bridgehead atoms. The highest BCUT2D eigenvalue weighted by molar-refractivity contribution is 7.91. The lowest BCUT2D eigenvalue weighted by atomic mass is 10.4. The van der Waals surface area contributed by atoms with Gasteiger partial charge in [0.15, 0.2) is 0 Å². The Labute approximate surface area is 115 Å². The highest BCUT2D eigenvalue weighted by Crippen LogP contribution is 2.30. The lowest BCUT2D eigenvalue weighted by Crippen LogP contribution is -2.38. The van der Waals surface area contributed by atoms with E-state index in [-0.39, 0.29) is 16.7 Å². The molecule has 0 aromatic carbocycles. The van der Waals surface area contributed by atoms with E-state index < -0.39 is 16.1 Å². The minimum atomic E-state index is -3.58. The number of alkyl halides is 1. The van der Waals surface area contributed by atoms with Gasteiger partial charge in [-0.2, -0.15) is 0 Å². The van der Waals surface area contributed by atoms with Crippen molar-refractivity contribution in [3.05, 3.63) is 16.0 Å². The number of methoxy groups -OCH3 is 1. The number of rotatable bonds is 6. The van der Waals surface area contributed by atoms with Gasteiger partial charge < -0.3 is 4.74 Å². The maximum Gasteiger partial charge on any atom is 0.250 e. The van der Waals surface area contributed by atoms with Gasteiger partial charge in [0.2, 0.25) is 10.0 Å². The Morgan fingerprint density at radius 1 is 1.59 bits per heavy atom. The molecular weight excluding hydrogens is 305 g/mol. The van der Waals surface area contributed by atoms with Crippen LogP contribution >= 0.6 is 34.5 Å². The molecule has 1 aromatic rings. The SMILES string of the molecule is COCC(CCl)NS(=O)(=O)c1cc(C)c(Cl)s1. The van der Waals surface area contributed by atoms with Crippen LogP contribution in [0.4, 0.5) is 0 Å². The third-order valence-electron chi connectivity index (χ3n) is 1.98. The zero-order valence-electron chi connectivity index (χ0n) is 9.37. The van der Waals surface area contributed by atoms with Gasteiger partial charge >= 0.3 is 0 Å². The fraction of sp³-hybridized carbons (Fsp3) is 0.556. The van der Waals surface area contributed by atoms with E-state index in [0.29, 0.717) is 4.34 Å². The Bertz CT molecular complexity index is 453. The van der Waals surface area contributed by atoms with Gasteiger partial charge in [-0.25, -0.2) is 13.1 Å². The van der Waals surface area contributed by atoms with E-state index in [1.165, 1.54) is 13.2 Å². The molecular formula is C9H13Cl2NO3S2. The second-order valence-electron chi connectivity index (χ2n) is 3.45. The summed E-state index contributed by atoms with van der Waals surface area (Å²) in [7, 11) is -2.09. The molecule has 8 heteroatoms. The fourth-order valence-electron chi connectivity index (χ4n) is 1.15. The van der Waals surface area contributed by atoms with Crippen molar-refractivity contribution < 1.29 is 13.2 Å². The molecule has 0 amide bonds.